The normalized spacial score (nSPS) is 17.6. The molecule has 0 bridgehead atoms. The van der Waals surface area contributed by atoms with Crippen LogP contribution in [0.2, 0.25) is 0 Å². The Labute approximate surface area is 135 Å². The zero-order chi connectivity index (χ0) is 15.9. The molecule has 2 aromatic rings. The van der Waals surface area contributed by atoms with Gasteiger partial charge in [0.25, 0.3) is 0 Å². The molecule has 0 radical (unpaired) electrons. The standard InChI is InChI=1S/C17H21N5O/c23-17(21-14-7-2-1-3-8-14)20-13-15-9-4-5-12-22(15)16-18-10-6-11-19-16/h1-3,6-8,10-11,15H,4-5,9,12-13H2,(H2,20,21,23). The van der Waals surface area contributed by atoms with Gasteiger partial charge in [0.2, 0.25) is 5.95 Å². The fraction of sp³-hybridized carbons (Fsp3) is 0.353. The summed E-state index contributed by atoms with van der Waals surface area (Å²) in [6.45, 7) is 1.51. The maximum Gasteiger partial charge on any atom is 0.319 e. The molecular weight excluding hydrogens is 290 g/mol. The van der Waals surface area contributed by atoms with Crippen LogP contribution in [0, 0.1) is 0 Å². The number of nitrogens with one attached hydrogen (secondary N) is 2. The van der Waals surface area contributed by atoms with E-state index in [1.807, 2.05) is 36.4 Å². The number of hydrogen-bond donors (Lipinski definition) is 2. The van der Waals surface area contributed by atoms with Gasteiger partial charge >= 0.3 is 6.03 Å². The van der Waals surface area contributed by atoms with Crippen molar-refractivity contribution in [3.63, 3.8) is 0 Å². The van der Waals surface area contributed by atoms with E-state index in [9.17, 15) is 4.79 Å². The molecule has 1 saturated heterocycles. The highest BCUT2D eigenvalue weighted by Gasteiger charge is 2.24. The van der Waals surface area contributed by atoms with E-state index >= 15 is 0 Å². The molecule has 1 aliphatic heterocycles. The first-order chi connectivity index (χ1) is 11.3. The van der Waals surface area contributed by atoms with Gasteiger partial charge in [-0.15, -0.1) is 0 Å². The van der Waals surface area contributed by atoms with Gasteiger partial charge in [0, 0.05) is 37.2 Å². The largest absolute Gasteiger partial charge is 0.336 e. The first-order valence-electron chi connectivity index (χ1n) is 7.96. The van der Waals surface area contributed by atoms with Crippen molar-refractivity contribution in [3.05, 3.63) is 48.8 Å². The molecule has 1 atom stereocenters. The quantitative estimate of drug-likeness (QED) is 0.910. The monoisotopic (exact) mass is 311 g/mol. The summed E-state index contributed by atoms with van der Waals surface area (Å²) in [5.74, 6) is 0.738. The van der Waals surface area contributed by atoms with E-state index in [1.54, 1.807) is 12.4 Å². The van der Waals surface area contributed by atoms with Gasteiger partial charge in [-0.1, -0.05) is 18.2 Å². The number of anilines is 2. The van der Waals surface area contributed by atoms with E-state index in [4.69, 9.17) is 0 Å². The lowest BCUT2D eigenvalue weighted by molar-refractivity contribution is 0.250. The van der Waals surface area contributed by atoms with Gasteiger partial charge in [-0.05, 0) is 37.5 Å². The zero-order valence-corrected chi connectivity index (χ0v) is 13.0. The second-order valence-corrected chi connectivity index (χ2v) is 5.59. The maximum absolute atomic E-state index is 12.0. The van der Waals surface area contributed by atoms with E-state index in [-0.39, 0.29) is 12.1 Å². The van der Waals surface area contributed by atoms with E-state index in [0.29, 0.717) is 6.54 Å². The Morgan fingerprint density at radius 2 is 1.91 bits per heavy atom. The minimum absolute atomic E-state index is 0.185. The molecule has 0 spiro atoms. The summed E-state index contributed by atoms with van der Waals surface area (Å²) in [6, 6.07) is 11.3. The third-order valence-corrected chi connectivity index (χ3v) is 3.97. The topological polar surface area (TPSA) is 70.2 Å². The summed E-state index contributed by atoms with van der Waals surface area (Å²) in [6.07, 6.45) is 6.83. The fourth-order valence-electron chi connectivity index (χ4n) is 2.82. The average molecular weight is 311 g/mol. The number of carbonyl (C=O) groups is 1. The van der Waals surface area contributed by atoms with Crippen LogP contribution in [0.1, 0.15) is 19.3 Å². The van der Waals surface area contributed by atoms with Crippen LogP contribution in [-0.2, 0) is 0 Å². The van der Waals surface area contributed by atoms with Gasteiger partial charge in [0.05, 0.1) is 0 Å². The van der Waals surface area contributed by atoms with Gasteiger partial charge in [0.1, 0.15) is 0 Å². The van der Waals surface area contributed by atoms with Crippen molar-refractivity contribution in [2.24, 2.45) is 0 Å². The van der Waals surface area contributed by atoms with Crippen LogP contribution in [0.4, 0.5) is 16.4 Å². The van der Waals surface area contributed by atoms with Crippen LogP contribution in [0.3, 0.4) is 0 Å². The molecule has 2 amide bonds. The predicted molar refractivity (Wildman–Crippen MR) is 90.5 cm³/mol. The number of piperidine rings is 1. The molecule has 1 aromatic heterocycles. The first kappa shape index (κ1) is 15.3. The number of nitrogens with zero attached hydrogens (tertiary/aromatic N) is 3. The molecule has 1 unspecified atom stereocenters. The Morgan fingerprint density at radius 1 is 1.13 bits per heavy atom. The number of benzene rings is 1. The van der Waals surface area contributed by atoms with Crippen LogP contribution in [0.5, 0.6) is 0 Å². The summed E-state index contributed by atoms with van der Waals surface area (Å²) in [7, 11) is 0. The summed E-state index contributed by atoms with van der Waals surface area (Å²) in [5.41, 5.74) is 0.789. The number of urea groups is 1. The Balaban J connectivity index is 1.56. The van der Waals surface area contributed by atoms with Gasteiger partial charge in [-0.2, -0.15) is 0 Å². The van der Waals surface area contributed by atoms with E-state index < -0.39 is 0 Å². The molecule has 0 aliphatic carbocycles. The highest BCUT2D eigenvalue weighted by molar-refractivity contribution is 5.89. The van der Waals surface area contributed by atoms with Gasteiger partial charge in [-0.25, -0.2) is 14.8 Å². The molecule has 120 valence electrons. The van der Waals surface area contributed by atoms with Gasteiger partial charge < -0.3 is 15.5 Å². The number of carbonyl (C=O) groups excluding carboxylic acids is 1. The van der Waals surface area contributed by atoms with Crippen molar-refractivity contribution in [1.82, 2.24) is 15.3 Å². The molecular formula is C17H21N5O. The smallest absolute Gasteiger partial charge is 0.319 e. The Hall–Kier alpha value is -2.63. The van der Waals surface area contributed by atoms with E-state index in [0.717, 1.165) is 37.4 Å². The van der Waals surface area contributed by atoms with Crippen molar-refractivity contribution in [3.8, 4) is 0 Å². The van der Waals surface area contributed by atoms with Crippen molar-refractivity contribution in [2.75, 3.05) is 23.3 Å². The van der Waals surface area contributed by atoms with Gasteiger partial charge in [0.15, 0.2) is 0 Å². The summed E-state index contributed by atoms with van der Waals surface area (Å²) < 4.78 is 0. The molecule has 6 nitrogen and oxygen atoms in total. The highest BCUT2D eigenvalue weighted by Crippen LogP contribution is 2.20. The molecule has 1 aliphatic rings. The molecule has 2 heterocycles. The van der Waals surface area contributed by atoms with Crippen molar-refractivity contribution in [2.45, 2.75) is 25.3 Å². The number of amides is 2. The molecule has 3 rings (SSSR count). The lowest BCUT2D eigenvalue weighted by Crippen LogP contribution is -2.48. The molecule has 1 aromatic carbocycles. The molecule has 0 saturated carbocycles. The number of hydrogen-bond acceptors (Lipinski definition) is 4. The van der Waals surface area contributed by atoms with Crippen LogP contribution in [0.25, 0.3) is 0 Å². The second-order valence-electron chi connectivity index (χ2n) is 5.59. The van der Waals surface area contributed by atoms with E-state index in [2.05, 4.69) is 25.5 Å². The molecule has 2 N–H and O–H groups in total. The van der Waals surface area contributed by atoms with Crippen LogP contribution >= 0.6 is 0 Å². The maximum atomic E-state index is 12.0. The highest BCUT2D eigenvalue weighted by atomic mass is 16.2. The number of para-hydroxylation sites is 1. The van der Waals surface area contributed by atoms with E-state index in [1.165, 1.54) is 0 Å². The SMILES string of the molecule is O=C(NCC1CCCCN1c1ncccn1)Nc1ccccc1. The van der Waals surface area contributed by atoms with Gasteiger partial charge in [-0.3, -0.25) is 0 Å². The third kappa shape index (κ3) is 4.18. The molecule has 1 fully saturated rings. The van der Waals surface area contributed by atoms with Crippen molar-refractivity contribution in [1.29, 1.82) is 0 Å². The minimum Gasteiger partial charge on any atom is -0.336 e. The lowest BCUT2D eigenvalue weighted by atomic mass is 10.0. The number of aromatic nitrogens is 2. The molecule has 23 heavy (non-hydrogen) atoms. The van der Waals surface area contributed by atoms with Crippen LogP contribution < -0.4 is 15.5 Å². The predicted octanol–water partition coefficient (Wildman–Crippen LogP) is 2.66. The summed E-state index contributed by atoms with van der Waals surface area (Å²) in [5, 5.41) is 5.79. The second kappa shape index (κ2) is 7.58. The summed E-state index contributed by atoms with van der Waals surface area (Å²) >= 11 is 0. The molecule has 6 heteroatoms. The van der Waals surface area contributed by atoms with Crippen LogP contribution in [0.15, 0.2) is 48.8 Å². The average Bonchev–Trinajstić information content (AvgIpc) is 2.62. The Morgan fingerprint density at radius 3 is 2.70 bits per heavy atom. The Kier molecular flexibility index (Phi) is 5.03. The lowest BCUT2D eigenvalue weighted by Gasteiger charge is -2.35. The van der Waals surface area contributed by atoms with Crippen molar-refractivity contribution >= 4 is 17.7 Å². The fourth-order valence-corrected chi connectivity index (χ4v) is 2.82. The zero-order valence-electron chi connectivity index (χ0n) is 13.0. The van der Waals surface area contributed by atoms with Crippen LogP contribution in [-0.4, -0.2) is 35.1 Å². The Bertz CT molecular complexity index is 619. The first-order valence-corrected chi connectivity index (χ1v) is 7.96. The minimum atomic E-state index is -0.185. The number of rotatable bonds is 4. The summed E-state index contributed by atoms with van der Waals surface area (Å²) in [4.78, 5) is 22.9. The third-order valence-electron chi connectivity index (χ3n) is 3.97. The van der Waals surface area contributed by atoms with Crippen molar-refractivity contribution < 1.29 is 4.79 Å².